The first-order valence-electron chi connectivity index (χ1n) is 10.8. The fraction of sp³-hybridized carbons (Fsp3) is 0.111. The third kappa shape index (κ3) is 2.86. The Bertz CT molecular complexity index is 1420. The van der Waals surface area contributed by atoms with Crippen LogP contribution in [0, 0.1) is 10.1 Å². The van der Waals surface area contributed by atoms with E-state index >= 15 is 0 Å². The molecular formula is C27H21N3O2. The third-order valence-electron chi connectivity index (χ3n) is 6.54. The number of nitrogens with zero attached hydrogens (tertiary/aromatic N) is 2. The molecule has 4 aromatic carbocycles. The average molecular weight is 419 g/mol. The summed E-state index contributed by atoms with van der Waals surface area (Å²) >= 11 is 0. The Hall–Kier alpha value is -4.12. The predicted octanol–water partition coefficient (Wildman–Crippen LogP) is 6.85. The molecule has 0 spiro atoms. The monoisotopic (exact) mass is 419 g/mol. The van der Waals surface area contributed by atoms with Gasteiger partial charge in [-0.05, 0) is 35.7 Å². The van der Waals surface area contributed by atoms with E-state index in [1.54, 1.807) is 12.1 Å². The minimum Gasteiger partial charge on any atom is -0.378 e. The van der Waals surface area contributed by atoms with Gasteiger partial charge < -0.3 is 9.88 Å². The first-order valence-corrected chi connectivity index (χ1v) is 10.8. The normalized spacial score (nSPS) is 17.8. The molecule has 5 nitrogen and oxygen atoms in total. The minimum absolute atomic E-state index is 0.0515. The molecule has 2 heterocycles. The van der Waals surface area contributed by atoms with E-state index < -0.39 is 0 Å². The zero-order chi connectivity index (χ0) is 21.7. The summed E-state index contributed by atoms with van der Waals surface area (Å²) in [4.78, 5) is 10.7. The van der Waals surface area contributed by atoms with Crippen molar-refractivity contribution >= 4 is 33.2 Å². The van der Waals surface area contributed by atoms with Gasteiger partial charge in [0.1, 0.15) is 0 Å². The van der Waals surface area contributed by atoms with Crippen LogP contribution in [-0.4, -0.2) is 9.49 Å². The van der Waals surface area contributed by atoms with Crippen molar-refractivity contribution < 1.29 is 4.92 Å². The lowest BCUT2D eigenvalue weighted by Gasteiger charge is -2.35. The zero-order valence-electron chi connectivity index (χ0n) is 17.3. The van der Waals surface area contributed by atoms with Gasteiger partial charge in [0, 0.05) is 39.6 Å². The van der Waals surface area contributed by atoms with Crippen LogP contribution in [0.3, 0.4) is 0 Å². The highest BCUT2D eigenvalue weighted by Crippen LogP contribution is 2.44. The summed E-state index contributed by atoms with van der Waals surface area (Å²) in [6.45, 7) is 0. The first kappa shape index (κ1) is 18.6. The number of anilines is 1. The van der Waals surface area contributed by atoms with Gasteiger partial charge in [-0.3, -0.25) is 10.1 Å². The predicted molar refractivity (Wildman–Crippen MR) is 128 cm³/mol. The molecule has 0 saturated carbocycles. The van der Waals surface area contributed by atoms with Crippen LogP contribution in [0.5, 0.6) is 0 Å². The first-order chi connectivity index (χ1) is 15.7. The van der Waals surface area contributed by atoms with Crippen LogP contribution in [0.15, 0.2) is 97.1 Å². The summed E-state index contributed by atoms with van der Waals surface area (Å²) in [6.07, 6.45) is 0.845. The lowest BCUT2D eigenvalue weighted by molar-refractivity contribution is -0.384. The van der Waals surface area contributed by atoms with Crippen LogP contribution in [0.2, 0.25) is 0 Å². The lowest BCUT2D eigenvalue weighted by Crippen LogP contribution is -2.25. The molecule has 0 saturated heterocycles. The summed E-state index contributed by atoms with van der Waals surface area (Å²) in [5.74, 6) is 0. The van der Waals surface area contributed by atoms with E-state index in [4.69, 9.17) is 0 Å². The number of fused-ring (bicyclic) bond motifs is 4. The Kier molecular flexibility index (Phi) is 4.21. The molecule has 0 amide bonds. The molecule has 2 atom stereocenters. The summed E-state index contributed by atoms with van der Waals surface area (Å²) in [7, 11) is 0. The standard InChI is InChI=1S/C27H21N3O2/c31-30(32)19-15-13-18(14-16-19)24-17-27(22-9-1-4-10-23(22)28-24)29-25-11-5-2-7-20(25)21-8-3-6-12-26(21)29/h1-16,24,27-28H,17H2/t24-,27-/m0/s1. The van der Waals surface area contributed by atoms with Crippen LogP contribution in [-0.2, 0) is 0 Å². The number of nitrogens with one attached hydrogen (secondary N) is 1. The van der Waals surface area contributed by atoms with Gasteiger partial charge in [0.05, 0.1) is 17.0 Å². The number of nitro benzene ring substituents is 1. The Labute approximate surface area is 185 Å². The second-order valence-corrected chi connectivity index (χ2v) is 8.29. The van der Waals surface area contributed by atoms with Crippen molar-refractivity contribution in [2.24, 2.45) is 0 Å². The molecule has 32 heavy (non-hydrogen) atoms. The highest BCUT2D eigenvalue weighted by atomic mass is 16.6. The molecule has 156 valence electrons. The molecule has 1 N–H and O–H groups in total. The molecule has 0 unspecified atom stereocenters. The molecule has 5 aromatic rings. The summed E-state index contributed by atoms with van der Waals surface area (Å²) in [6, 6.07) is 32.7. The largest absolute Gasteiger partial charge is 0.378 e. The Morgan fingerprint density at radius 3 is 2.03 bits per heavy atom. The summed E-state index contributed by atoms with van der Waals surface area (Å²) < 4.78 is 2.46. The van der Waals surface area contributed by atoms with E-state index in [1.807, 2.05) is 18.2 Å². The second-order valence-electron chi connectivity index (χ2n) is 8.29. The number of hydrogen-bond acceptors (Lipinski definition) is 3. The van der Waals surface area contributed by atoms with Crippen molar-refractivity contribution in [3.8, 4) is 0 Å². The average Bonchev–Trinajstić information content (AvgIpc) is 3.18. The van der Waals surface area contributed by atoms with Gasteiger partial charge in [-0.25, -0.2) is 0 Å². The Morgan fingerprint density at radius 1 is 0.781 bits per heavy atom. The molecule has 1 aliphatic rings. The second kappa shape index (κ2) is 7.24. The van der Waals surface area contributed by atoms with E-state index in [-0.39, 0.29) is 22.7 Å². The SMILES string of the molecule is O=[N+]([O-])c1ccc([C@@H]2C[C@H](n3c4ccccc4c4ccccc43)c3ccccc3N2)cc1. The van der Waals surface area contributed by atoms with E-state index in [0.29, 0.717) is 0 Å². The van der Waals surface area contributed by atoms with E-state index in [2.05, 4.69) is 76.6 Å². The number of rotatable bonds is 3. The van der Waals surface area contributed by atoms with Crippen molar-refractivity contribution in [1.82, 2.24) is 4.57 Å². The molecule has 0 radical (unpaired) electrons. The molecule has 1 aromatic heterocycles. The van der Waals surface area contributed by atoms with Gasteiger partial charge in [-0.1, -0.05) is 66.7 Å². The van der Waals surface area contributed by atoms with Crippen LogP contribution in [0.1, 0.15) is 29.6 Å². The number of nitro groups is 1. The maximum absolute atomic E-state index is 11.1. The van der Waals surface area contributed by atoms with Gasteiger partial charge in [0.15, 0.2) is 0 Å². The van der Waals surface area contributed by atoms with E-state index in [0.717, 1.165) is 17.7 Å². The molecule has 5 heteroatoms. The maximum Gasteiger partial charge on any atom is 0.269 e. The van der Waals surface area contributed by atoms with Gasteiger partial charge >= 0.3 is 0 Å². The molecule has 1 aliphatic heterocycles. The number of hydrogen-bond donors (Lipinski definition) is 1. The Balaban J connectivity index is 1.53. The van der Waals surface area contributed by atoms with Gasteiger partial charge in [0.25, 0.3) is 5.69 Å². The highest BCUT2D eigenvalue weighted by molar-refractivity contribution is 6.08. The smallest absolute Gasteiger partial charge is 0.269 e. The number of non-ortho nitro benzene ring substituents is 1. The lowest BCUT2D eigenvalue weighted by atomic mass is 9.89. The molecule has 6 rings (SSSR count). The molecule has 0 bridgehead atoms. The number of para-hydroxylation sites is 3. The Morgan fingerprint density at radius 2 is 1.38 bits per heavy atom. The van der Waals surface area contributed by atoms with Gasteiger partial charge in [-0.2, -0.15) is 0 Å². The van der Waals surface area contributed by atoms with Gasteiger partial charge in [0.2, 0.25) is 0 Å². The van der Waals surface area contributed by atoms with E-state index in [9.17, 15) is 10.1 Å². The summed E-state index contributed by atoms with van der Waals surface area (Å²) in [5, 5.41) is 17.3. The van der Waals surface area contributed by atoms with E-state index in [1.165, 1.54) is 27.4 Å². The minimum atomic E-state index is -0.353. The fourth-order valence-electron chi connectivity index (χ4n) is 5.10. The van der Waals surface area contributed by atoms with Crippen LogP contribution < -0.4 is 5.32 Å². The topological polar surface area (TPSA) is 60.1 Å². The van der Waals surface area contributed by atoms with Gasteiger partial charge in [-0.15, -0.1) is 0 Å². The van der Waals surface area contributed by atoms with Crippen molar-refractivity contribution in [2.45, 2.75) is 18.5 Å². The fourth-order valence-corrected chi connectivity index (χ4v) is 5.10. The zero-order valence-corrected chi connectivity index (χ0v) is 17.3. The molecule has 0 fully saturated rings. The van der Waals surface area contributed by atoms with Crippen LogP contribution in [0.4, 0.5) is 11.4 Å². The number of benzene rings is 4. The van der Waals surface area contributed by atoms with Crippen molar-refractivity contribution in [1.29, 1.82) is 0 Å². The van der Waals surface area contributed by atoms with Crippen LogP contribution >= 0.6 is 0 Å². The maximum atomic E-state index is 11.1. The van der Waals surface area contributed by atoms with Crippen molar-refractivity contribution in [3.05, 3.63) is 118 Å². The quantitative estimate of drug-likeness (QED) is 0.257. The molecular weight excluding hydrogens is 398 g/mol. The molecule has 0 aliphatic carbocycles. The number of aromatic nitrogens is 1. The summed E-state index contributed by atoms with van der Waals surface area (Å²) in [5.41, 5.74) is 5.97. The highest BCUT2D eigenvalue weighted by Gasteiger charge is 2.30. The third-order valence-corrected chi connectivity index (χ3v) is 6.54. The van der Waals surface area contributed by atoms with Crippen molar-refractivity contribution in [2.75, 3.05) is 5.32 Å². The van der Waals surface area contributed by atoms with Crippen molar-refractivity contribution in [3.63, 3.8) is 0 Å². The van der Waals surface area contributed by atoms with Crippen LogP contribution in [0.25, 0.3) is 21.8 Å².